The molecule has 0 bridgehead atoms. The van der Waals surface area contributed by atoms with E-state index in [1.165, 1.54) is 17.8 Å². The number of nitro groups is 1. The standard InChI is InChI=1S/C21H17N3O3S.ClH/c1-27-16-9-10-17-19(12-16)23(13-15-6-4-5-11-22-15)14-21(17)28-20-8-3-2-7-18(20)24(25)26;/h2-12,14H,13H2,1H3;1H. The predicted molar refractivity (Wildman–Crippen MR) is 116 cm³/mol. The highest BCUT2D eigenvalue weighted by Gasteiger charge is 2.17. The van der Waals surface area contributed by atoms with E-state index in [1.807, 2.05) is 48.7 Å². The molecule has 0 N–H and O–H groups in total. The number of nitro benzene ring substituents is 1. The third kappa shape index (κ3) is 4.36. The molecule has 8 heteroatoms. The van der Waals surface area contributed by atoms with Gasteiger partial charge in [0.05, 0.1) is 34.7 Å². The quantitative estimate of drug-likeness (QED) is 0.297. The summed E-state index contributed by atoms with van der Waals surface area (Å²) >= 11 is 1.39. The highest BCUT2D eigenvalue weighted by Crippen LogP contribution is 2.40. The summed E-state index contributed by atoms with van der Waals surface area (Å²) in [5.41, 5.74) is 2.03. The van der Waals surface area contributed by atoms with Crippen molar-refractivity contribution in [3.63, 3.8) is 0 Å². The van der Waals surface area contributed by atoms with Gasteiger partial charge >= 0.3 is 0 Å². The van der Waals surface area contributed by atoms with E-state index in [-0.39, 0.29) is 23.0 Å². The van der Waals surface area contributed by atoms with Crippen molar-refractivity contribution in [2.75, 3.05) is 7.11 Å². The van der Waals surface area contributed by atoms with Crippen LogP contribution in [0.3, 0.4) is 0 Å². The first-order valence-electron chi connectivity index (χ1n) is 8.64. The lowest BCUT2D eigenvalue weighted by atomic mass is 10.2. The summed E-state index contributed by atoms with van der Waals surface area (Å²) in [5, 5.41) is 12.4. The smallest absolute Gasteiger partial charge is 0.283 e. The molecule has 0 aliphatic heterocycles. The molecule has 0 saturated heterocycles. The molecular weight excluding hydrogens is 410 g/mol. The molecule has 2 heterocycles. The maximum atomic E-state index is 11.4. The molecular formula is C21H18ClN3O3S. The van der Waals surface area contributed by atoms with Gasteiger partial charge in [-0.05, 0) is 30.3 Å². The van der Waals surface area contributed by atoms with Crippen molar-refractivity contribution in [1.29, 1.82) is 0 Å². The fourth-order valence-electron chi connectivity index (χ4n) is 3.06. The van der Waals surface area contributed by atoms with E-state index in [9.17, 15) is 10.1 Å². The number of hydrogen-bond acceptors (Lipinski definition) is 5. The summed E-state index contributed by atoms with van der Waals surface area (Å²) in [6.07, 6.45) is 3.78. The Bertz CT molecular complexity index is 1150. The Balaban J connectivity index is 0.00000240. The minimum Gasteiger partial charge on any atom is -0.497 e. The molecule has 148 valence electrons. The third-order valence-electron chi connectivity index (χ3n) is 4.39. The molecule has 4 aromatic rings. The highest BCUT2D eigenvalue weighted by atomic mass is 35.5. The molecule has 29 heavy (non-hydrogen) atoms. The average Bonchev–Trinajstić information content (AvgIpc) is 3.05. The summed E-state index contributed by atoms with van der Waals surface area (Å²) in [6.45, 7) is 0.599. The SMILES string of the molecule is COc1ccc2c(Sc3ccccc3[N+](=O)[O-])cn(Cc3ccccn3)c2c1.Cl. The molecule has 6 nitrogen and oxygen atoms in total. The first-order chi connectivity index (χ1) is 13.7. The monoisotopic (exact) mass is 427 g/mol. The Morgan fingerprint density at radius 1 is 1.10 bits per heavy atom. The van der Waals surface area contributed by atoms with Crippen LogP contribution in [0.5, 0.6) is 5.75 Å². The lowest BCUT2D eigenvalue weighted by Crippen LogP contribution is -1.99. The van der Waals surface area contributed by atoms with Crippen molar-refractivity contribution in [3.8, 4) is 5.75 Å². The normalized spacial score (nSPS) is 10.5. The molecule has 4 rings (SSSR count). The van der Waals surface area contributed by atoms with Gasteiger partial charge in [0.2, 0.25) is 0 Å². The summed E-state index contributed by atoms with van der Waals surface area (Å²) in [5.74, 6) is 0.759. The predicted octanol–water partition coefficient (Wildman–Crippen LogP) is 5.57. The van der Waals surface area contributed by atoms with Crippen LogP contribution in [0, 0.1) is 10.1 Å². The largest absolute Gasteiger partial charge is 0.497 e. The van der Waals surface area contributed by atoms with E-state index in [0.29, 0.717) is 11.4 Å². The van der Waals surface area contributed by atoms with Gasteiger partial charge in [-0.25, -0.2) is 0 Å². The van der Waals surface area contributed by atoms with Crippen LogP contribution in [-0.2, 0) is 6.54 Å². The zero-order valence-electron chi connectivity index (χ0n) is 15.5. The molecule has 0 atom stereocenters. The highest BCUT2D eigenvalue weighted by molar-refractivity contribution is 7.99. The second kappa shape index (κ2) is 8.98. The van der Waals surface area contributed by atoms with Crippen molar-refractivity contribution < 1.29 is 9.66 Å². The maximum absolute atomic E-state index is 11.4. The molecule has 0 radical (unpaired) electrons. The van der Waals surface area contributed by atoms with Crippen LogP contribution in [0.2, 0.25) is 0 Å². The fraction of sp³-hybridized carbons (Fsp3) is 0.0952. The van der Waals surface area contributed by atoms with Crippen molar-refractivity contribution in [1.82, 2.24) is 9.55 Å². The molecule has 2 aromatic heterocycles. The van der Waals surface area contributed by atoms with Crippen LogP contribution in [0.1, 0.15) is 5.69 Å². The number of rotatable bonds is 6. The van der Waals surface area contributed by atoms with Crippen molar-refractivity contribution in [2.24, 2.45) is 0 Å². The molecule has 0 spiro atoms. The van der Waals surface area contributed by atoms with Crippen molar-refractivity contribution >= 4 is 40.8 Å². The Hall–Kier alpha value is -3.03. The van der Waals surface area contributed by atoms with Gasteiger partial charge in [0.25, 0.3) is 5.69 Å². The zero-order valence-corrected chi connectivity index (χ0v) is 17.2. The number of halogens is 1. The van der Waals surface area contributed by atoms with Crippen LogP contribution in [0.4, 0.5) is 5.69 Å². The summed E-state index contributed by atoms with van der Waals surface area (Å²) in [4.78, 5) is 17.0. The number of hydrogen-bond donors (Lipinski definition) is 0. The Labute approximate surface area is 178 Å². The molecule has 0 fully saturated rings. The van der Waals surface area contributed by atoms with Crippen molar-refractivity contribution in [2.45, 2.75) is 16.3 Å². The number of para-hydroxylation sites is 1. The van der Waals surface area contributed by atoms with E-state index < -0.39 is 0 Å². The molecule has 0 aliphatic rings. The van der Waals surface area contributed by atoms with Crippen LogP contribution in [0.25, 0.3) is 10.9 Å². The Kier molecular flexibility index (Phi) is 6.41. The summed E-state index contributed by atoms with van der Waals surface area (Å²) in [7, 11) is 1.64. The number of aromatic nitrogens is 2. The van der Waals surface area contributed by atoms with Crippen molar-refractivity contribution in [3.05, 3.63) is 88.9 Å². The topological polar surface area (TPSA) is 70.2 Å². The van der Waals surface area contributed by atoms with Gasteiger partial charge in [-0.1, -0.05) is 30.0 Å². The second-order valence-corrected chi connectivity index (χ2v) is 7.24. The summed E-state index contributed by atoms with van der Waals surface area (Å²) < 4.78 is 7.48. The van der Waals surface area contributed by atoms with Crippen LogP contribution in [-0.4, -0.2) is 21.6 Å². The first kappa shape index (κ1) is 20.7. The van der Waals surface area contributed by atoms with E-state index in [2.05, 4.69) is 9.55 Å². The number of methoxy groups -OCH3 is 1. The van der Waals surface area contributed by atoms with Gasteiger partial charge in [0.15, 0.2) is 0 Å². The summed E-state index contributed by atoms with van der Waals surface area (Å²) in [6, 6.07) is 18.5. The molecule has 0 unspecified atom stereocenters. The second-order valence-electron chi connectivity index (χ2n) is 6.15. The van der Waals surface area contributed by atoms with Gasteiger partial charge < -0.3 is 9.30 Å². The molecule has 0 aliphatic carbocycles. The maximum Gasteiger partial charge on any atom is 0.283 e. The third-order valence-corrected chi connectivity index (χ3v) is 5.50. The van der Waals surface area contributed by atoms with Crippen LogP contribution in [0.15, 0.2) is 82.8 Å². The minimum atomic E-state index is -0.349. The van der Waals surface area contributed by atoms with Gasteiger partial charge in [-0.3, -0.25) is 15.1 Å². The van der Waals surface area contributed by atoms with E-state index in [1.54, 1.807) is 25.4 Å². The van der Waals surface area contributed by atoms with Gasteiger partial charge in [0.1, 0.15) is 5.75 Å². The first-order valence-corrected chi connectivity index (χ1v) is 9.45. The minimum absolute atomic E-state index is 0. The zero-order chi connectivity index (χ0) is 19.5. The fourth-order valence-corrected chi connectivity index (χ4v) is 4.15. The van der Waals surface area contributed by atoms with E-state index in [0.717, 1.165) is 27.2 Å². The van der Waals surface area contributed by atoms with Crippen LogP contribution >= 0.6 is 24.2 Å². The number of fused-ring (bicyclic) bond motifs is 1. The van der Waals surface area contributed by atoms with Gasteiger partial charge in [-0.15, -0.1) is 12.4 Å². The Morgan fingerprint density at radius 3 is 2.62 bits per heavy atom. The number of ether oxygens (including phenoxy) is 1. The number of benzene rings is 2. The molecule has 0 amide bonds. The average molecular weight is 428 g/mol. The lowest BCUT2D eigenvalue weighted by Gasteiger charge is -2.06. The number of pyridine rings is 1. The van der Waals surface area contributed by atoms with Gasteiger partial charge in [-0.2, -0.15) is 0 Å². The number of nitrogens with zero attached hydrogens (tertiary/aromatic N) is 3. The lowest BCUT2D eigenvalue weighted by molar-refractivity contribution is -0.387. The van der Waals surface area contributed by atoms with Gasteiger partial charge in [0, 0.05) is 34.8 Å². The molecule has 0 saturated carbocycles. The molecule has 2 aromatic carbocycles. The Morgan fingerprint density at radius 2 is 1.90 bits per heavy atom. The van der Waals surface area contributed by atoms with E-state index in [4.69, 9.17) is 4.74 Å². The van der Waals surface area contributed by atoms with E-state index >= 15 is 0 Å². The van der Waals surface area contributed by atoms with Crippen LogP contribution < -0.4 is 4.74 Å².